The maximum absolute atomic E-state index is 14.8. The number of phenolic OH excluding ortho intramolecular Hbond substituents is 1. The van der Waals surface area contributed by atoms with Gasteiger partial charge in [-0.05, 0) is 23.8 Å². The SMILES string of the molecule is Br.N#Cc1c(-c2cc(Cl)c(O)cc2F)nc2n[nH]c(N)c2c1-c1ccc(N2CCNCC2)cc1. The second kappa shape index (κ2) is 9.46. The quantitative estimate of drug-likeness (QED) is 0.304. The van der Waals surface area contributed by atoms with E-state index in [0.717, 1.165) is 43.5 Å². The average molecular weight is 545 g/mol. The zero-order chi connectivity index (χ0) is 23.1. The molecule has 0 atom stereocenters. The summed E-state index contributed by atoms with van der Waals surface area (Å²) in [6, 6.07) is 12.1. The Bertz CT molecular complexity index is 1410. The number of piperazine rings is 1. The molecule has 2 aromatic heterocycles. The Morgan fingerprint density at radius 2 is 1.88 bits per heavy atom. The number of nitrogens with one attached hydrogen (secondary N) is 2. The molecule has 0 spiro atoms. The van der Waals surface area contributed by atoms with Gasteiger partial charge in [-0.1, -0.05) is 23.7 Å². The van der Waals surface area contributed by atoms with Gasteiger partial charge in [0.1, 0.15) is 23.5 Å². The molecule has 34 heavy (non-hydrogen) atoms. The predicted molar refractivity (Wildman–Crippen MR) is 136 cm³/mol. The molecule has 1 fully saturated rings. The second-order valence-electron chi connectivity index (χ2n) is 7.73. The van der Waals surface area contributed by atoms with Gasteiger partial charge >= 0.3 is 0 Å². The van der Waals surface area contributed by atoms with Crippen LogP contribution in [0, 0.1) is 17.1 Å². The molecular formula is C23H20BrClFN7O. The Hall–Kier alpha value is -3.39. The maximum Gasteiger partial charge on any atom is 0.184 e. The van der Waals surface area contributed by atoms with Crippen LogP contribution in [0.15, 0.2) is 36.4 Å². The first-order chi connectivity index (χ1) is 16.0. The van der Waals surface area contributed by atoms with Crippen molar-refractivity contribution >= 4 is 51.1 Å². The van der Waals surface area contributed by atoms with Crippen molar-refractivity contribution in [3.63, 3.8) is 0 Å². The molecule has 0 amide bonds. The van der Waals surface area contributed by atoms with E-state index in [-0.39, 0.29) is 50.3 Å². The van der Waals surface area contributed by atoms with E-state index >= 15 is 0 Å². The Kier molecular flexibility index (Phi) is 6.61. The van der Waals surface area contributed by atoms with Gasteiger partial charge in [-0.3, -0.25) is 5.10 Å². The van der Waals surface area contributed by atoms with Gasteiger partial charge in [0.05, 0.1) is 21.7 Å². The van der Waals surface area contributed by atoms with E-state index in [0.29, 0.717) is 10.9 Å². The summed E-state index contributed by atoms with van der Waals surface area (Å²) in [6.07, 6.45) is 0. The summed E-state index contributed by atoms with van der Waals surface area (Å²) >= 11 is 6.02. The smallest absolute Gasteiger partial charge is 0.184 e. The van der Waals surface area contributed by atoms with E-state index in [4.69, 9.17) is 17.3 Å². The molecule has 1 aliphatic heterocycles. The molecule has 0 unspecified atom stereocenters. The van der Waals surface area contributed by atoms with Gasteiger partial charge in [0.15, 0.2) is 5.65 Å². The van der Waals surface area contributed by atoms with Gasteiger partial charge in [-0.15, -0.1) is 17.0 Å². The van der Waals surface area contributed by atoms with Crippen molar-refractivity contribution in [1.82, 2.24) is 20.5 Å². The predicted octanol–water partition coefficient (Wildman–Crippen LogP) is 4.23. The lowest BCUT2D eigenvalue weighted by molar-refractivity contribution is 0.469. The molecule has 1 aliphatic rings. The molecule has 5 N–H and O–H groups in total. The number of hydrogen-bond donors (Lipinski definition) is 4. The standard InChI is InChI=1S/C23H19ClFN7O.BrH/c24-16-9-14(17(25)10-18(16)33)21-15(11-26)19(20-22(27)30-31-23(20)29-21)12-1-3-13(4-2-12)32-7-5-28-6-8-32;/h1-4,9-10,28,33H,5-8H2,(H3,27,29,30,31);1H. The van der Waals surface area contributed by atoms with E-state index in [2.05, 4.69) is 31.5 Å². The first kappa shape index (κ1) is 23.8. The lowest BCUT2D eigenvalue weighted by Gasteiger charge is -2.29. The van der Waals surface area contributed by atoms with E-state index in [9.17, 15) is 14.8 Å². The lowest BCUT2D eigenvalue weighted by Crippen LogP contribution is -2.43. The van der Waals surface area contributed by atoms with Crippen LogP contribution in [0.25, 0.3) is 33.4 Å². The van der Waals surface area contributed by atoms with Crippen LogP contribution in [-0.4, -0.2) is 46.5 Å². The van der Waals surface area contributed by atoms with Gasteiger partial charge in [0, 0.05) is 49.1 Å². The topological polar surface area (TPSA) is 127 Å². The van der Waals surface area contributed by atoms with Gasteiger partial charge in [0.25, 0.3) is 0 Å². The minimum atomic E-state index is -0.760. The highest BCUT2D eigenvalue weighted by Gasteiger charge is 2.24. The molecular weight excluding hydrogens is 525 g/mol. The molecule has 8 nitrogen and oxygen atoms in total. The number of benzene rings is 2. The van der Waals surface area contributed by atoms with Crippen LogP contribution in [0.3, 0.4) is 0 Å². The summed E-state index contributed by atoms with van der Waals surface area (Å²) in [5.41, 5.74) is 8.85. The highest BCUT2D eigenvalue weighted by molar-refractivity contribution is 8.93. The van der Waals surface area contributed by atoms with Crippen molar-refractivity contribution in [2.24, 2.45) is 0 Å². The Balaban J connectivity index is 0.00000274. The lowest BCUT2D eigenvalue weighted by atomic mass is 9.93. The maximum atomic E-state index is 14.8. The minimum absolute atomic E-state index is 0. The zero-order valence-electron chi connectivity index (χ0n) is 17.8. The van der Waals surface area contributed by atoms with Crippen molar-refractivity contribution < 1.29 is 9.50 Å². The van der Waals surface area contributed by atoms with Gasteiger partial charge in [-0.25, -0.2) is 9.37 Å². The third-order valence-electron chi connectivity index (χ3n) is 5.77. The second-order valence-corrected chi connectivity index (χ2v) is 8.13. The van der Waals surface area contributed by atoms with Crippen molar-refractivity contribution in [2.75, 3.05) is 36.8 Å². The third-order valence-corrected chi connectivity index (χ3v) is 6.07. The number of nitriles is 1. The number of phenols is 1. The number of pyridine rings is 1. The first-order valence-electron chi connectivity index (χ1n) is 10.3. The van der Waals surface area contributed by atoms with E-state index in [1.165, 1.54) is 6.07 Å². The number of nitrogen functional groups attached to an aromatic ring is 1. The van der Waals surface area contributed by atoms with Crippen LogP contribution >= 0.6 is 28.6 Å². The Morgan fingerprint density at radius 3 is 2.56 bits per heavy atom. The fourth-order valence-electron chi connectivity index (χ4n) is 4.15. The molecule has 0 bridgehead atoms. The monoisotopic (exact) mass is 543 g/mol. The number of fused-ring (bicyclic) bond motifs is 1. The number of anilines is 2. The largest absolute Gasteiger partial charge is 0.506 e. The van der Waals surface area contributed by atoms with Crippen molar-refractivity contribution in [3.05, 3.63) is 52.8 Å². The number of H-pyrrole nitrogens is 1. The van der Waals surface area contributed by atoms with E-state index in [1.54, 1.807) is 0 Å². The van der Waals surface area contributed by atoms with Crippen molar-refractivity contribution in [1.29, 1.82) is 5.26 Å². The van der Waals surface area contributed by atoms with Gasteiger partial charge in [0.2, 0.25) is 0 Å². The number of nitrogens with zero attached hydrogens (tertiary/aromatic N) is 4. The molecule has 1 saturated heterocycles. The third kappa shape index (κ3) is 4.03. The van der Waals surface area contributed by atoms with Crippen LogP contribution < -0.4 is 16.0 Å². The van der Waals surface area contributed by atoms with Gasteiger partial charge in [-0.2, -0.15) is 10.4 Å². The fourth-order valence-corrected chi connectivity index (χ4v) is 4.31. The highest BCUT2D eigenvalue weighted by atomic mass is 79.9. The summed E-state index contributed by atoms with van der Waals surface area (Å²) in [5.74, 6) is -0.903. The number of aromatic hydroxyl groups is 1. The number of aromatic amines is 1. The normalized spacial score (nSPS) is 13.5. The Morgan fingerprint density at radius 1 is 1.18 bits per heavy atom. The number of hydrogen-bond acceptors (Lipinski definition) is 7. The van der Waals surface area contributed by atoms with Crippen molar-refractivity contribution in [2.45, 2.75) is 0 Å². The summed E-state index contributed by atoms with van der Waals surface area (Å²) in [6.45, 7) is 3.64. The van der Waals surface area contributed by atoms with E-state index in [1.807, 2.05) is 24.3 Å². The molecule has 11 heteroatoms. The summed E-state index contributed by atoms with van der Waals surface area (Å²) in [5, 5.41) is 30.4. The molecule has 5 rings (SSSR count). The first-order valence-corrected chi connectivity index (χ1v) is 10.7. The molecule has 0 radical (unpaired) electrons. The molecule has 3 heterocycles. The van der Waals surface area contributed by atoms with Crippen LogP contribution in [0.5, 0.6) is 5.75 Å². The van der Waals surface area contributed by atoms with E-state index < -0.39 is 11.6 Å². The number of aromatic nitrogens is 3. The molecule has 174 valence electrons. The molecule has 4 aromatic rings. The van der Waals surface area contributed by atoms with Crippen LogP contribution in [0.4, 0.5) is 15.9 Å². The Labute approximate surface area is 209 Å². The average Bonchev–Trinajstić information content (AvgIpc) is 3.21. The summed E-state index contributed by atoms with van der Waals surface area (Å²) in [4.78, 5) is 6.68. The zero-order valence-corrected chi connectivity index (χ0v) is 20.2. The van der Waals surface area contributed by atoms with Crippen LogP contribution in [0.1, 0.15) is 5.56 Å². The summed E-state index contributed by atoms with van der Waals surface area (Å²) in [7, 11) is 0. The number of rotatable bonds is 3. The summed E-state index contributed by atoms with van der Waals surface area (Å²) < 4.78 is 14.8. The molecule has 0 saturated carbocycles. The van der Waals surface area contributed by atoms with Gasteiger partial charge < -0.3 is 21.1 Å². The molecule has 0 aliphatic carbocycles. The number of halogens is 3. The highest BCUT2D eigenvalue weighted by Crippen LogP contribution is 2.41. The van der Waals surface area contributed by atoms with Crippen molar-refractivity contribution in [3.8, 4) is 34.2 Å². The van der Waals surface area contributed by atoms with Crippen LogP contribution in [-0.2, 0) is 0 Å². The fraction of sp³-hybridized carbons (Fsp3) is 0.174. The number of nitrogens with two attached hydrogens (primary N) is 1. The molecule has 2 aromatic carbocycles. The van der Waals surface area contributed by atoms with Crippen LogP contribution in [0.2, 0.25) is 5.02 Å². The minimum Gasteiger partial charge on any atom is -0.506 e.